The smallest absolute Gasteiger partial charge is 0.0466 e. The standard InChI is InChI=1S/2C10H22O.C8H18O.6C2H6.6C2H4.6CH4/c2*1-3-5-7-8-10-11-9-6-4-2;1-3-5-7-9-8-6-4-2;12*1-2;;;;;;/h2*3-10H2,1-2H3;3-8H2,1-2H3;6*1-2H3;6*1-2H2;6*1H4. The molecule has 0 aromatic heterocycles. The molecule has 0 bridgehead atoms. The molecule has 61 heavy (non-hydrogen) atoms. The summed E-state index contributed by atoms with van der Waals surface area (Å²) in [4.78, 5) is 0. The van der Waals surface area contributed by atoms with Crippen molar-refractivity contribution in [1.82, 2.24) is 0 Å². The predicted octanol–water partition coefficient (Wildman–Crippen LogP) is 24.2. The highest BCUT2D eigenvalue weighted by Gasteiger charge is 1.89. The molecule has 0 aliphatic heterocycles. The van der Waals surface area contributed by atoms with E-state index in [1.807, 2.05) is 83.1 Å². The van der Waals surface area contributed by atoms with Gasteiger partial charge in [-0.3, -0.25) is 0 Å². The zero-order chi connectivity index (χ0) is 47.7. The third kappa shape index (κ3) is 448. The first kappa shape index (κ1) is 137. The zero-order valence-electron chi connectivity index (χ0n) is 43.3. The molecule has 0 radical (unpaired) electrons. The lowest BCUT2D eigenvalue weighted by Gasteiger charge is -2.01. The van der Waals surface area contributed by atoms with Crippen molar-refractivity contribution in [3.8, 4) is 0 Å². The third-order valence-corrected chi connectivity index (χ3v) is 4.85. The number of unbranched alkanes of at least 4 members (excludes halogenated alkanes) is 10. The van der Waals surface area contributed by atoms with E-state index < -0.39 is 0 Å². The Balaban J connectivity index is -0.0000000159. The Morgan fingerprint density at radius 2 is 0.311 bits per heavy atom. The summed E-state index contributed by atoms with van der Waals surface area (Å²) in [6, 6.07) is 0. The average molecular weight is 892 g/mol. The summed E-state index contributed by atoms with van der Waals surface area (Å²) < 4.78 is 16.2. The maximum Gasteiger partial charge on any atom is 0.0466 e. The summed E-state index contributed by atoms with van der Waals surface area (Å²) in [7, 11) is 0. The van der Waals surface area contributed by atoms with Crippen LogP contribution in [0.5, 0.6) is 0 Å². The Morgan fingerprint density at radius 1 is 0.197 bits per heavy atom. The van der Waals surface area contributed by atoms with Gasteiger partial charge in [0.2, 0.25) is 0 Å². The lowest BCUT2D eigenvalue weighted by Crippen LogP contribution is -1.96. The van der Waals surface area contributed by atoms with Crippen LogP contribution in [0.2, 0.25) is 0 Å². The lowest BCUT2D eigenvalue weighted by atomic mass is 10.2. The van der Waals surface area contributed by atoms with E-state index in [4.69, 9.17) is 14.2 Å². The molecule has 0 aliphatic rings. The van der Waals surface area contributed by atoms with Gasteiger partial charge in [-0.25, -0.2) is 0 Å². The fourth-order valence-electron chi connectivity index (χ4n) is 2.55. The van der Waals surface area contributed by atoms with Crippen LogP contribution in [0.25, 0.3) is 0 Å². The maximum absolute atomic E-state index is 5.42. The van der Waals surface area contributed by atoms with E-state index in [0.29, 0.717) is 0 Å². The van der Waals surface area contributed by atoms with Crippen molar-refractivity contribution in [2.24, 2.45) is 0 Å². The Morgan fingerprint density at radius 3 is 0.426 bits per heavy atom. The lowest BCUT2D eigenvalue weighted by molar-refractivity contribution is 0.127. The van der Waals surface area contributed by atoms with E-state index in [2.05, 4.69) is 120 Å². The Bertz CT molecular complexity index is 269. The normalized spacial score (nSPS) is 6.20. The molecule has 396 valence electrons. The molecular formula is C58H146O3. The highest BCUT2D eigenvalue weighted by Crippen LogP contribution is 2.00. The van der Waals surface area contributed by atoms with Crippen LogP contribution in [0.1, 0.15) is 272 Å². The van der Waals surface area contributed by atoms with E-state index in [9.17, 15) is 0 Å². The van der Waals surface area contributed by atoms with Crippen molar-refractivity contribution in [2.75, 3.05) is 39.6 Å². The van der Waals surface area contributed by atoms with Gasteiger partial charge in [-0.15, -0.1) is 78.9 Å². The molecule has 3 heteroatoms. The van der Waals surface area contributed by atoms with Crippen molar-refractivity contribution in [2.45, 2.75) is 272 Å². The zero-order valence-corrected chi connectivity index (χ0v) is 43.3. The molecule has 0 atom stereocenters. The van der Waals surface area contributed by atoms with Gasteiger partial charge < -0.3 is 14.2 Å². The van der Waals surface area contributed by atoms with Crippen LogP contribution >= 0.6 is 0 Å². The van der Waals surface area contributed by atoms with Crippen molar-refractivity contribution in [3.63, 3.8) is 0 Å². The van der Waals surface area contributed by atoms with Crippen LogP contribution in [0.4, 0.5) is 0 Å². The van der Waals surface area contributed by atoms with Gasteiger partial charge in [0, 0.05) is 39.6 Å². The Labute approximate surface area is 403 Å². The predicted molar refractivity (Wildman–Crippen MR) is 316 cm³/mol. The minimum Gasteiger partial charge on any atom is -0.381 e. The molecular weight excluding hydrogens is 745 g/mol. The van der Waals surface area contributed by atoms with E-state index in [-0.39, 0.29) is 44.6 Å². The van der Waals surface area contributed by atoms with Gasteiger partial charge in [0.05, 0.1) is 0 Å². The fourth-order valence-corrected chi connectivity index (χ4v) is 2.55. The first-order valence-electron chi connectivity index (χ1n) is 23.0. The maximum atomic E-state index is 5.42. The quantitative estimate of drug-likeness (QED) is 0.0801. The topological polar surface area (TPSA) is 27.7 Å². The van der Waals surface area contributed by atoms with Gasteiger partial charge in [-0.05, 0) is 38.5 Å². The van der Waals surface area contributed by atoms with Crippen LogP contribution in [-0.2, 0) is 14.2 Å². The fraction of sp³-hybridized carbons (Fsp3) is 0.793. The summed E-state index contributed by atoms with van der Waals surface area (Å²) >= 11 is 0. The van der Waals surface area contributed by atoms with Gasteiger partial charge >= 0.3 is 0 Å². The van der Waals surface area contributed by atoms with E-state index in [1.165, 1.54) is 103 Å². The van der Waals surface area contributed by atoms with Crippen molar-refractivity contribution < 1.29 is 14.2 Å². The second-order valence-electron chi connectivity index (χ2n) is 8.37. The SMILES string of the molecule is C.C.C.C.C.C.C=C.C=C.C=C.C=C.C=C.C=C.CC.CC.CC.CC.CC.CC.CCCCCCOCCCC.CCCCCCOCCCC.CCCCOCCCC. The summed E-state index contributed by atoms with van der Waals surface area (Å²) in [5.74, 6) is 0. The molecule has 0 saturated heterocycles. The molecule has 0 heterocycles. The van der Waals surface area contributed by atoms with Gasteiger partial charge in [0.15, 0.2) is 0 Å². The number of hydrogen-bond donors (Lipinski definition) is 0. The Kier molecular flexibility index (Phi) is 794. The highest BCUT2D eigenvalue weighted by atomic mass is 16.5. The minimum atomic E-state index is 0. The molecule has 0 spiro atoms. The largest absolute Gasteiger partial charge is 0.381 e. The van der Waals surface area contributed by atoms with Gasteiger partial charge in [0.25, 0.3) is 0 Å². The van der Waals surface area contributed by atoms with Gasteiger partial charge in [0.1, 0.15) is 0 Å². The van der Waals surface area contributed by atoms with Crippen LogP contribution < -0.4 is 0 Å². The molecule has 0 rings (SSSR count). The second-order valence-corrected chi connectivity index (χ2v) is 8.37. The van der Waals surface area contributed by atoms with Crippen LogP contribution in [-0.4, -0.2) is 39.6 Å². The highest BCUT2D eigenvalue weighted by molar-refractivity contribution is 4.41. The minimum absolute atomic E-state index is 0. The number of ether oxygens (including phenoxy) is 3. The third-order valence-electron chi connectivity index (χ3n) is 4.85. The molecule has 0 fully saturated rings. The van der Waals surface area contributed by atoms with Crippen molar-refractivity contribution >= 4 is 0 Å². The summed E-state index contributed by atoms with van der Waals surface area (Å²) in [6.45, 7) is 79.0. The monoisotopic (exact) mass is 891 g/mol. The first-order chi connectivity index (χ1) is 27.2. The van der Waals surface area contributed by atoms with Crippen LogP contribution in [0.3, 0.4) is 0 Å². The van der Waals surface area contributed by atoms with Crippen LogP contribution in [0, 0.1) is 0 Å². The molecule has 3 nitrogen and oxygen atoms in total. The molecule has 0 unspecified atom stereocenters. The van der Waals surface area contributed by atoms with E-state index >= 15 is 0 Å². The average Bonchev–Trinajstić information content (AvgIpc) is 3.31. The number of hydrogen-bond acceptors (Lipinski definition) is 3. The number of rotatable bonds is 22. The second kappa shape index (κ2) is 352. The van der Waals surface area contributed by atoms with Gasteiger partial charge in [-0.1, -0.05) is 233 Å². The molecule has 0 saturated carbocycles. The Hall–Kier alpha value is -1.68. The van der Waals surface area contributed by atoms with E-state index in [0.717, 1.165) is 39.6 Å². The molecule has 0 N–H and O–H groups in total. The van der Waals surface area contributed by atoms with Crippen molar-refractivity contribution in [3.05, 3.63) is 78.9 Å². The van der Waals surface area contributed by atoms with Crippen molar-refractivity contribution in [1.29, 1.82) is 0 Å². The van der Waals surface area contributed by atoms with E-state index in [1.54, 1.807) is 0 Å². The summed E-state index contributed by atoms with van der Waals surface area (Å²) in [5, 5.41) is 0. The van der Waals surface area contributed by atoms with Crippen LogP contribution in [0.15, 0.2) is 78.9 Å². The summed E-state index contributed by atoms with van der Waals surface area (Å²) in [6.07, 6.45) is 20.3. The summed E-state index contributed by atoms with van der Waals surface area (Å²) in [5.41, 5.74) is 0. The first-order valence-corrected chi connectivity index (χ1v) is 23.0. The molecule has 0 aromatic carbocycles. The molecule has 0 aliphatic carbocycles. The molecule has 0 aromatic rings. The molecule has 0 amide bonds. The van der Waals surface area contributed by atoms with Gasteiger partial charge in [-0.2, -0.15) is 0 Å².